The highest BCUT2D eigenvalue weighted by Crippen LogP contribution is 2.30. The van der Waals surface area contributed by atoms with Gasteiger partial charge in [0.2, 0.25) is 0 Å². The molecule has 2 fully saturated rings. The first kappa shape index (κ1) is 19.0. The van der Waals surface area contributed by atoms with Crippen molar-refractivity contribution >= 4 is 34.4 Å². The monoisotopic (exact) mass is 394 g/mol. The fraction of sp³-hybridized carbons (Fsp3) is 0.476. The van der Waals surface area contributed by atoms with Crippen LogP contribution in [0.4, 0.5) is 11.6 Å². The SMILES string of the molecule is C=CSN1CCC(Nc2cc3c(N4CCC(C#N)CC4)nccc3cn2)CC1. The van der Waals surface area contributed by atoms with E-state index in [9.17, 15) is 0 Å². The summed E-state index contributed by atoms with van der Waals surface area (Å²) in [6.07, 6.45) is 7.81. The summed E-state index contributed by atoms with van der Waals surface area (Å²) in [6, 6.07) is 7.00. The smallest absolute Gasteiger partial charge is 0.136 e. The molecule has 0 unspecified atom stereocenters. The minimum Gasteiger partial charge on any atom is -0.367 e. The van der Waals surface area contributed by atoms with Crippen LogP contribution in [0, 0.1) is 17.2 Å². The van der Waals surface area contributed by atoms with Crippen LogP contribution in [-0.4, -0.2) is 46.5 Å². The van der Waals surface area contributed by atoms with E-state index in [0.717, 1.165) is 74.3 Å². The van der Waals surface area contributed by atoms with Crippen LogP contribution in [0.3, 0.4) is 0 Å². The lowest BCUT2D eigenvalue weighted by Gasteiger charge is -2.31. The van der Waals surface area contributed by atoms with Crippen LogP contribution in [0.5, 0.6) is 0 Å². The topological polar surface area (TPSA) is 68.1 Å². The Morgan fingerprint density at radius 1 is 1.18 bits per heavy atom. The van der Waals surface area contributed by atoms with E-state index in [1.807, 2.05) is 23.9 Å². The average molecular weight is 395 g/mol. The summed E-state index contributed by atoms with van der Waals surface area (Å²) in [5.41, 5.74) is 0. The quantitative estimate of drug-likeness (QED) is 0.768. The number of hydrogen-bond donors (Lipinski definition) is 1. The Hall–Kier alpha value is -2.30. The van der Waals surface area contributed by atoms with Gasteiger partial charge in [-0.3, -0.25) is 0 Å². The molecule has 0 atom stereocenters. The zero-order valence-corrected chi connectivity index (χ0v) is 16.9. The molecular formula is C21H26N6S. The van der Waals surface area contributed by atoms with E-state index in [4.69, 9.17) is 5.26 Å². The lowest BCUT2D eigenvalue weighted by Crippen LogP contribution is -2.35. The zero-order valence-electron chi connectivity index (χ0n) is 16.0. The van der Waals surface area contributed by atoms with Gasteiger partial charge < -0.3 is 10.2 Å². The molecule has 2 saturated heterocycles. The van der Waals surface area contributed by atoms with Crippen LogP contribution in [0.25, 0.3) is 10.8 Å². The summed E-state index contributed by atoms with van der Waals surface area (Å²) >= 11 is 1.70. The third kappa shape index (κ3) is 4.23. The molecule has 0 spiro atoms. The van der Waals surface area contributed by atoms with Crippen molar-refractivity contribution in [3.05, 3.63) is 36.5 Å². The van der Waals surface area contributed by atoms with Gasteiger partial charge in [-0.25, -0.2) is 14.3 Å². The summed E-state index contributed by atoms with van der Waals surface area (Å²) in [7, 11) is 0. The van der Waals surface area contributed by atoms with Crippen LogP contribution in [0.15, 0.2) is 36.5 Å². The number of fused-ring (bicyclic) bond motifs is 1. The molecule has 4 rings (SSSR count). The van der Waals surface area contributed by atoms with Gasteiger partial charge >= 0.3 is 0 Å². The Morgan fingerprint density at radius 3 is 2.68 bits per heavy atom. The Bertz CT molecular complexity index is 863. The molecule has 0 bridgehead atoms. The van der Waals surface area contributed by atoms with Crippen molar-refractivity contribution in [3.8, 4) is 6.07 Å². The molecule has 2 aliphatic rings. The van der Waals surface area contributed by atoms with Crippen molar-refractivity contribution in [2.75, 3.05) is 36.4 Å². The maximum absolute atomic E-state index is 9.15. The molecule has 1 N–H and O–H groups in total. The Morgan fingerprint density at radius 2 is 1.96 bits per heavy atom. The first-order valence-electron chi connectivity index (χ1n) is 9.95. The van der Waals surface area contributed by atoms with Crippen molar-refractivity contribution in [3.63, 3.8) is 0 Å². The van der Waals surface area contributed by atoms with Crippen molar-refractivity contribution in [2.24, 2.45) is 5.92 Å². The van der Waals surface area contributed by atoms with Gasteiger partial charge in [0.1, 0.15) is 11.6 Å². The second-order valence-corrected chi connectivity index (χ2v) is 8.50. The second-order valence-electron chi connectivity index (χ2n) is 7.44. The number of aromatic nitrogens is 2. The molecule has 2 aromatic heterocycles. The molecule has 0 aliphatic carbocycles. The Labute approximate surface area is 170 Å². The van der Waals surface area contributed by atoms with Crippen LogP contribution in [-0.2, 0) is 0 Å². The maximum atomic E-state index is 9.15. The Balaban J connectivity index is 1.49. The highest BCUT2D eigenvalue weighted by Gasteiger charge is 2.22. The van der Waals surface area contributed by atoms with Crippen LogP contribution >= 0.6 is 11.9 Å². The predicted molar refractivity (Wildman–Crippen MR) is 116 cm³/mol. The summed E-state index contributed by atoms with van der Waals surface area (Å²) in [5.74, 6) is 2.11. The van der Waals surface area contributed by atoms with Gasteiger partial charge in [-0.2, -0.15) is 5.26 Å². The van der Waals surface area contributed by atoms with Gasteiger partial charge in [-0.1, -0.05) is 18.5 Å². The maximum Gasteiger partial charge on any atom is 0.136 e. The number of nitriles is 1. The summed E-state index contributed by atoms with van der Waals surface area (Å²) in [5, 5.41) is 16.9. The molecular weight excluding hydrogens is 368 g/mol. The predicted octanol–water partition coefficient (Wildman–Crippen LogP) is 4.04. The third-order valence-electron chi connectivity index (χ3n) is 5.63. The fourth-order valence-electron chi connectivity index (χ4n) is 4.02. The van der Waals surface area contributed by atoms with E-state index in [1.54, 1.807) is 11.9 Å². The zero-order chi connectivity index (χ0) is 19.3. The molecule has 7 heteroatoms. The lowest BCUT2D eigenvalue weighted by atomic mass is 9.98. The van der Waals surface area contributed by atoms with Crippen LogP contribution in [0.2, 0.25) is 0 Å². The van der Waals surface area contributed by atoms with E-state index < -0.39 is 0 Å². The fourth-order valence-corrected chi connectivity index (χ4v) is 4.65. The summed E-state index contributed by atoms with van der Waals surface area (Å²) in [6.45, 7) is 7.68. The largest absolute Gasteiger partial charge is 0.367 e. The highest BCUT2D eigenvalue weighted by molar-refractivity contribution is 7.99. The number of anilines is 2. The molecule has 0 amide bonds. The van der Waals surface area contributed by atoms with Gasteiger partial charge in [0.25, 0.3) is 0 Å². The van der Waals surface area contributed by atoms with E-state index in [1.165, 1.54) is 0 Å². The minimum atomic E-state index is 0.176. The van der Waals surface area contributed by atoms with E-state index in [2.05, 4.69) is 43.2 Å². The normalized spacial score (nSPS) is 19.5. The molecule has 146 valence electrons. The van der Waals surface area contributed by atoms with Gasteiger partial charge in [-0.05, 0) is 43.2 Å². The third-order valence-corrected chi connectivity index (χ3v) is 6.45. The van der Waals surface area contributed by atoms with Gasteiger partial charge in [0, 0.05) is 61.3 Å². The molecule has 0 radical (unpaired) electrons. The molecule has 0 aromatic carbocycles. The van der Waals surface area contributed by atoms with Crippen molar-refractivity contribution in [2.45, 2.75) is 31.7 Å². The van der Waals surface area contributed by atoms with Crippen LogP contribution < -0.4 is 10.2 Å². The number of pyridine rings is 2. The standard InChI is InChI=1S/C21H26N6S/c1-2-28-27-11-6-18(7-12-27)25-20-13-19-17(15-24-20)3-8-23-21(19)26-9-4-16(14-22)5-10-26/h2-3,8,13,15-16,18H,1,4-7,9-12H2,(H,24,25). The molecule has 6 nitrogen and oxygen atoms in total. The summed E-state index contributed by atoms with van der Waals surface area (Å²) < 4.78 is 2.35. The van der Waals surface area contributed by atoms with E-state index in [-0.39, 0.29) is 5.92 Å². The number of rotatable bonds is 5. The molecule has 2 aliphatic heterocycles. The lowest BCUT2D eigenvalue weighted by molar-refractivity contribution is 0.359. The second kappa shape index (κ2) is 8.80. The minimum absolute atomic E-state index is 0.176. The Kier molecular flexibility index (Phi) is 5.98. The summed E-state index contributed by atoms with van der Waals surface area (Å²) in [4.78, 5) is 11.6. The van der Waals surface area contributed by atoms with Crippen molar-refractivity contribution in [1.82, 2.24) is 14.3 Å². The van der Waals surface area contributed by atoms with Gasteiger partial charge in [-0.15, -0.1) is 0 Å². The number of hydrogen-bond acceptors (Lipinski definition) is 7. The highest BCUT2D eigenvalue weighted by atomic mass is 32.2. The number of nitrogens with one attached hydrogen (secondary N) is 1. The van der Waals surface area contributed by atoms with Crippen molar-refractivity contribution < 1.29 is 0 Å². The molecule has 28 heavy (non-hydrogen) atoms. The van der Waals surface area contributed by atoms with Gasteiger partial charge in [0.15, 0.2) is 0 Å². The molecule has 2 aromatic rings. The van der Waals surface area contributed by atoms with Crippen molar-refractivity contribution in [1.29, 1.82) is 5.26 Å². The molecule has 4 heterocycles. The average Bonchev–Trinajstić information content (AvgIpc) is 2.75. The van der Waals surface area contributed by atoms with Gasteiger partial charge in [0.05, 0.1) is 6.07 Å². The first-order valence-corrected chi connectivity index (χ1v) is 10.8. The number of piperidine rings is 2. The number of nitrogens with zero attached hydrogens (tertiary/aromatic N) is 5. The van der Waals surface area contributed by atoms with E-state index in [0.29, 0.717) is 6.04 Å². The first-order chi connectivity index (χ1) is 13.8. The van der Waals surface area contributed by atoms with E-state index >= 15 is 0 Å². The van der Waals surface area contributed by atoms with Crippen LogP contribution in [0.1, 0.15) is 25.7 Å². The molecule has 0 saturated carbocycles.